The molecule has 0 bridgehead atoms. The van der Waals surface area contributed by atoms with E-state index in [0.717, 1.165) is 13.0 Å². The molecule has 2 atom stereocenters. The lowest BCUT2D eigenvalue weighted by Gasteiger charge is -2.18. The highest BCUT2D eigenvalue weighted by atomic mass is 127. The van der Waals surface area contributed by atoms with Gasteiger partial charge >= 0.3 is 0 Å². The molecule has 0 aromatic heterocycles. The summed E-state index contributed by atoms with van der Waals surface area (Å²) >= 11 is 13.9. The zero-order chi connectivity index (χ0) is 11.5. The second-order valence-corrected chi connectivity index (χ2v) is 5.87. The fraction of sp³-hybridized carbons (Fsp3) is 1.00. The predicted molar refractivity (Wildman–Crippen MR) is 77.7 cm³/mol. The lowest BCUT2D eigenvalue weighted by atomic mass is 10.2. The Balaban J connectivity index is 3.38. The number of unbranched alkanes of at least 4 members (excludes halogenated alkanes) is 4. The van der Waals surface area contributed by atoms with Crippen LogP contribution in [-0.2, 0) is 4.74 Å². The third-order valence-electron chi connectivity index (χ3n) is 2.28. The van der Waals surface area contributed by atoms with Gasteiger partial charge in [0.15, 0.2) is 0 Å². The van der Waals surface area contributed by atoms with E-state index < -0.39 is 0 Å². The molecule has 0 amide bonds. The first-order valence-corrected chi connectivity index (χ1v) is 7.95. The molecule has 0 saturated carbocycles. The molecule has 2 unspecified atom stereocenters. The Morgan fingerprint density at radius 2 is 1.73 bits per heavy atom. The van der Waals surface area contributed by atoms with Gasteiger partial charge in [0.1, 0.15) is 0 Å². The molecule has 0 aliphatic rings. The highest BCUT2D eigenvalue weighted by Crippen LogP contribution is 2.14. The summed E-state index contributed by atoms with van der Waals surface area (Å²) < 4.78 is 6.02. The van der Waals surface area contributed by atoms with E-state index in [1.807, 2.05) is 0 Å². The summed E-state index contributed by atoms with van der Waals surface area (Å²) in [6.07, 6.45) is 6.43. The molecule has 0 fully saturated rings. The second-order valence-electron chi connectivity index (χ2n) is 3.65. The molecular weight excluding hydrogens is 346 g/mol. The number of hydrogen-bond acceptors (Lipinski definition) is 1. The van der Waals surface area contributed by atoms with Crippen LogP contribution in [0.3, 0.4) is 0 Å². The molecule has 0 N–H and O–H groups in total. The molecule has 0 aliphatic carbocycles. The van der Waals surface area contributed by atoms with Crippen molar-refractivity contribution in [2.75, 3.05) is 18.4 Å². The van der Waals surface area contributed by atoms with Gasteiger partial charge in [0.25, 0.3) is 0 Å². The van der Waals surface area contributed by atoms with Gasteiger partial charge in [0.2, 0.25) is 0 Å². The third-order valence-corrected chi connectivity index (χ3v) is 4.68. The number of hydrogen-bond donors (Lipinski definition) is 0. The van der Waals surface area contributed by atoms with E-state index >= 15 is 0 Å². The van der Waals surface area contributed by atoms with Gasteiger partial charge in [0, 0.05) is 18.4 Å². The Morgan fingerprint density at radius 3 is 2.27 bits per heavy atom. The minimum atomic E-state index is 0.107. The molecule has 92 valence electrons. The van der Waals surface area contributed by atoms with Gasteiger partial charge in [-0.3, -0.25) is 0 Å². The van der Waals surface area contributed by atoms with Crippen molar-refractivity contribution in [3.8, 4) is 0 Å². The molecule has 0 aliphatic heterocycles. The largest absolute Gasteiger partial charge is 0.376 e. The fourth-order valence-electron chi connectivity index (χ4n) is 1.29. The maximum Gasteiger partial charge on any atom is 0.0839 e. The predicted octanol–water partition coefficient (Wildman–Crippen LogP) is 4.62. The quantitative estimate of drug-likeness (QED) is 0.311. The Kier molecular flexibility index (Phi) is 12.7. The van der Waals surface area contributed by atoms with Gasteiger partial charge in [-0.05, 0) is 6.42 Å². The van der Waals surface area contributed by atoms with Crippen LogP contribution in [0.25, 0.3) is 0 Å². The van der Waals surface area contributed by atoms with E-state index in [1.54, 1.807) is 0 Å². The highest BCUT2D eigenvalue weighted by Gasteiger charge is 2.16. The van der Waals surface area contributed by atoms with Crippen LogP contribution in [0.5, 0.6) is 0 Å². The first-order chi connectivity index (χ1) is 7.26. The average Bonchev–Trinajstić information content (AvgIpc) is 2.27. The van der Waals surface area contributed by atoms with E-state index in [0.29, 0.717) is 15.7 Å². The van der Waals surface area contributed by atoms with Crippen LogP contribution in [0.1, 0.15) is 39.0 Å². The smallest absolute Gasteiger partial charge is 0.0839 e. The summed E-state index contributed by atoms with van der Waals surface area (Å²) in [4.78, 5) is 0. The molecule has 0 aromatic carbocycles. The van der Waals surface area contributed by atoms with Gasteiger partial charge in [-0.1, -0.05) is 55.2 Å². The summed E-state index contributed by atoms with van der Waals surface area (Å²) in [6.45, 7) is 3.04. The van der Waals surface area contributed by atoms with Gasteiger partial charge in [-0.2, -0.15) is 0 Å². The van der Waals surface area contributed by atoms with Crippen molar-refractivity contribution in [1.29, 1.82) is 0 Å². The van der Waals surface area contributed by atoms with Crippen molar-refractivity contribution < 1.29 is 4.74 Å². The Morgan fingerprint density at radius 1 is 1.07 bits per heavy atom. The highest BCUT2D eigenvalue weighted by molar-refractivity contribution is 14.1. The zero-order valence-corrected chi connectivity index (χ0v) is 13.0. The van der Waals surface area contributed by atoms with Crippen LogP contribution < -0.4 is 0 Å². The van der Waals surface area contributed by atoms with Gasteiger partial charge in [-0.15, -0.1) is 23.2 Å². The van der Waals surface area contributed by atoms with Gasteiger partial charge in [0.05, 0.1) is 10.0 Å². The van der Waals surface area contributed by atoms with E-state index in [9.17, 15) is 0 Å². The monoisotopic (exact) mass is 366 g/mol. The van der Waals surface area contributed by atoms with Gasteiger partial charge in [-0.25, -0.2) is 0 Å². The summed E-state index contributed by atoms with van der Waals surface area (Å²) in [7, 11) is 0. The third kappa shape index (κ3) is 9.02. The first kappa shape index (κ1) is 16.3. The van der Waals surface area contributed by atoms with Crippen LogP contribution in [0.15, 0.2) is 0 Å². The van der Waals surface area contributed by atoms with Crippen molar-refractivity contribution in [2.24, 2.45) is 0 Å². The summed E-state index contributed by atoms with van der Waals surface area (Å²) in [5, 5.41) is 0. The number of alkyl halides is 3. The van der Waals surface area contributed by atoms with Crippen LogP contribution in [0.2, 0.25) is 0 Å². The van der Waals surface area contributed by atoms with Gasteiger partial charge < -0.3 is 4.74 Å². The Labute approximate surface area is 117 Å². The van der Waals surface area contributed by atoms with Crippen molar-refractivity contribution in [3.63, 3.8) is 0 Å². The van der Waals surface area contributed by atoms with Crippen molar-refractivity contribution in [3.05, 3.63) is 0 Å². The van der Waals surface area contributed by atoms with Crippen molar-refractivity contribution in [1.82, 2.24) is 0 Å². The molecule has 1 nitrogen and oxygen atoms in total. The Hall–Kier alpha value is 1.27. The molecule has 15 heavy (non-hydrogen) atoms. The Bertz CT molecular complexity index is 136. The van der Waals surface area contributed by atoms with Crippen LogP contribution in [0.4, 0.5) is 0 Å². The first-order valence-electron chi connectivity index (χ1n) is 5.63. The summed E-state index contributed by atoms with van der Waals surface area (Å²) in [5.74, 6) is 1.14. The van der Waals surface area contributed by atoms with E-state index in [-0.39, 0.29) is 6.10 Å². The summed E-state index contributed by atoms with van der Waals surface area (Å²) in [6, 6.07) is 0. The summed E-state index contributed by atoms with van der Waals surface area (Å²) in [5.41, 5.74) is 0. The normalized spacial score (nSPS) is 15.2. The lowest BCUT2D eigenvalue weighted by molar-refractivity contribution is 0.0698. The van der Waals surface area contributed by atoms with Crippen LogP contribution in [-0.4, -0.2) is 28.4 Å². The number of rotatable bonds is 10. The molecule has 0 spiro atoms. The standard InChI is InChI=1S/C11H21Cl2IO/c1-2-3-4-5-6-7-15-11(9-13)10(14)8-12/h10-11H,2-9H2,1H3. The number of ether oxygens (including phenoxy) is 1. The topological polar surface area (TPSA) is 9.23 Å². The van der Waals surface area contributed by atoms with Crippen molar-refractivity contribution >= 4 is 45.8 Å². The molecule has 0 heterocycles. The molecule has 0 aromatic rings. The fourth-order valence-corrected chi connectivity index (χ4v) is 2.55. The molecule has 4 heteroatoms. The minimum absolute atomic E-state index is 0.107. The lowest BCUT2D eigenvalue weighted by Crippen LogP contribution is -2.27. The molecule has 0 radical (unpaired) electrons. The average molecular weight is 367 g/mol. The van der Waals surface area contributed by atoms with E-state index in [1.165, 1.54) is 25.7 Å². The maximum absolute atomic E-state index is 5.82. The van der Waals surface area contributed by atoms with Crippen LogP contribution >= 0.6 is 45.8 Å². The zero-order valence-electron chi connectivity index (χ0n) is 9.35. The molecule has 0 saturated heterocycles. The molecule has 0 rings (SSSR count). The minimum Gasteiger partial charge on any atom is -0.376 e. The molecular formula is C11H21Cl2IO. The second kappa shape index (κ2) is 11.7. The SMILES string of the molecule is CCCCCCCOC(CCl)C(I)CCl. The number of halogens is 3. The van der Waals surface area contributed by atoms with E-state index in [2.05, 4.69) is 29.5 Å². The van der Waals surface area contributed by atoms with Crippen LogP contribution in [0, 0.1) is 0 Å². The van der Waals surface area contributed by atoms with E-state index in [4.69, 9.17) is 27.9 Å². The van der Waals surface area contributed by atoms with Crippen molar-refractivity contribution in [2.45, 2.75) is 49.1 Å². The maximum atomic E-state index is 5.82.